The Kier molecular flexibility index (Phi) is 5.35. The molecule has 0 fully saturated rings. The van der Waals surface area contributed by atoms with E-state index in [0.29, 0.717) is 27.2 Å². The lowest BCUT2D eigenvalue weighted by Crippen LogP contribution is -2.31. The van der Waals surface area contributed by atoms with Gasteiger partial charge in [-0.25, -0.2) is 4.98 Å². The number of aromatic nitrogens is 1. The van der Waals surface area contributed by atoms with Crippen molar-refractivity contribution in [2.75, 3.05) is 4.90 Å². The van der Waals surface area contributed by atoms with Crippen molar-refractivity contribution in [2.45, 2.75) is 19.9 Å². The fourth-order valence-electron chi connectivity index (χ4n) is 4.82. The summed E-state index contributed by atoms with van der Waals surface area (Å²) >= 11 is 1.26. The first-order valence-electron chi connectivity index (χ1n) is 11.6. The molecule has 1 atom stereocenters. The maximum absolute atomic E-state index is 13.8. The smallest absolute Gasteiger partial charge is 0.296 e. The Bertz CT molecular complexity index is 1800. The summed E-state index contributed by atoms with van der Waals surface area (Å²) in [5.74, 6) is -2.21. The van der Waals surface area contributed by atoms with E-state index in [2.05, 4.69) is 4.98 Å². The predicted molar refractivity (Wildman–Crippen MR) is 143 cm³/mol. The number of Topliss-reactive ketones (excluding diaryl/α,β-unsaturated/α-hetero) is 1. The van der Waals surface area contributed by atoms with Crippen LogP contribution in [0.25, 0.3) is 21.2 Å². The third kappa shape index (κ3) is 3.65. The van der Waals surface area contributed by atoms with E-state index in [9.17, 15) is 24.8 Å². The number of benzene rings is 3. The summed E-state index contributed by atoms with van der Waals surface area (Å²) in [7, 11) is 0. The fraction of sp³-hybridized carbons (Fsp3) is 0.107. The highest BCUT2D eigenvalue weighted by atomic mass is 32.1. The Hall–Kier alpha value is -4.83. The molecule has 0 aliphatic carbocycles. The van der Waals surface area contributed by atoms with Crippen LogP contribution in [-0.4, -0.2) is 26.7 Å². The van der Waals surface area contributed by atoms with E-state index >= 15 is 0 Å². The van der Waals surface area contributed by atoms with Crippen LogP contribution in [0.3, 0.4) is 0 Å². The lowest BCUT2D eigenvalue weighted by Gasteiger charge is -2.24. The van der Waals surface area contributed by atoms with Crippen molar-refractivity contribution in [2.24, 2.45) is 0 Å². The van der Waals surface area contributed by atoms with Crippen molar-refractivity contribution in [1.29, 1.82) is 0 Å². The first kappa shape index (κ1) is 23.6. The predicted octanol–water partition coefficient (Wildman–Crippen LogP) is 6.35. The van der Waals surface area contributed by atoms with Gasteiger partial charge < -0.3 is 9.52 Å². The molecule has 0 saturated carbocycles. The van der Waals surface area contributed by atoms with Crippen LogP contribution in [0.4, 0.5) is 10.8 Å². The number of thiazole rings is 1. The lowest BCUT2D eigenvalue weighted by molar-refractivity contribution is -0.384. The molecular weight excluding hydrogens is 506 g/mol. The van der Waals surface area contributed by atoms with Crippen molar-refractivity contribution < 1.29 is 24.0 Å². The number of non-ortho nitro benzene ring substituents is 1. The summed E-state index contributed by atoms with van der Waals surface area (Å²) in [6, 6.07) is 17.0. The van der Waals surface area contributed by atoms with E-state index in [1.54, 1.807) is 30.3 Å². The van der Waals surface area contributed by atoms with Crippen LogP contribution in [0.2, 0.25) is 0 Å². The van der Waals surface area contributed by atoms with Gasteiger partial charge in [0.15, 0.2) is 16.7 Å². The molecule has 1 N–H and O–H groups in total. The summed E-state index contributed by atoms with van der Waals surface area (Å²) in [4.78, 5) is 43.9. The number of fused-ring (bicyclic) bond motifs is 2. The minimum atomic E-state index is -1.08. The van der Waals surface area contributed by atoms with Gasteiger partial charge in [0.2, 0.25) is 5.78 Å². The highest BCUT2D eigenvalue weighted by Crippen LogP contribution is 2.45. The Labute approximate surface area is 219 Å². The molecule has 1 amide bonds. The summed E-state index contributed by atoms with van der Waals surface area (Å²) in [5, 5.41) is 23.3. The van der Waals surface area contributed by atoms with Crippen LogP contribution in [0.15, 0.2) is 82.5 Å². The third-order valence-electron chi connectivity index (χ3n) is 6.55. The molecule has 3 aromatic carbocycles. The number of para-hydroxylation sites is 1. The number of amides is 1. The molecule has 1 unspecified atom stereocenters. The first-order chi connectivity index (χ1) is 18.2. The zero-order valence-electron chi connectivity index (χ0n) is 20.2. The van der Waals surface area contributed by atoms with Gasteiger partial charge in [-0.2, -0.15) is 0 Å². The SMILES string of the molecule is Cc1cc(C)c2nc(N3C(=O)C(O)=C(C(=O)c4cc5ccccc5o4)C3c3ccc([N+](=O)[O-])cc3)sc2c1. The molecule has 2 aromatic heterocycles. The number of rotatable bonds is 5. The van der Waals surface area contributed by atoms with Crippen LogP contribution >= 0.6 is 11.3 Å². The Balaban J connectivity index is 1.52. The Morgan fingerprint density at radius 3 is 2.55 bits per heavy atom. The van der Waals surface area contributed by atoms with Gasteiger partial charge in [-0.15, -0.1) is 0 Å². The lowest BCUT2D eigenvalue weighted by atomic mass is 9.95. The number of aryl methyl sites for hydroxylation is 2. The fourth-order valence-corrected chi connectivity index (χ4v) is 5.99. The number of nitrogens with zero attached hydrogens (tertiary/aromatic N) is 3. The average Bonchev–Trinajstić information content (AvgIpc) is 3.58. The number of anilines is 1. The normalized spacial score (nSPS) is 15.7. The van der Waals surface area contributed by atoms with E-state index in [1.165, 1.54) is 40.5 Å². The topological polar surface area (TPSA) is 127 Å². The van der Waals surface area contributed by atoms with Crippen LogP contribution in [0, 0.1) is 24.0 Å². The number of nitro benzene ring substituents is 1. The largest absolute Gasteiger partial charge is 0.503 e. The van der Waals surface area contributed by atoms with Crippen LogP contribution in [0.5, 0.6) is 0 Å². The molecule has 6 rings (SSSR count). The zero-order chi connectivity index (χ0) is 26.7. The monoisotopic (exact) mass is 525 g/mol. The van der Waals surface area contributed by atoms with E-state index in [1.807, 2.05) is 26.0 Å². The van der Waals surface area contributed by atoms with Gasteiger partial charge in [0.05, 0.1) is 26.8 Å². The molecular formula is C28H19N3O6S. The van der Waals surface area contributed by atoms with Crippen LogP contribution < -0.4 is 4.90 Å². The van der Waals surface area contributed by atoms with Gasteiger partial charge in [-0.1, -0.05) is 35.6 Å². The molecule has 9 nitrogen and oxygen atoms in total. The molecule has 10 heteroatoms. The molecule has 0 bridgehead atoms. The van der Waals surface area contributed by atoms with Gasteiger partial charge >= 0.3 is 0 Å². The van der Waals surface area contributed by atoms with E-state index in [0.717, 1.165) is 15.8 Å². The van der Waals surface area contributed by atoms with Crippen LogP contribution in [0.1, 0.15) is 33.3 Å². The number of hydrogen-bond donors (Lipinski definition) is 1. The third-order valence-corrected chi connectivity index (χ3v) is 7.55. The number of carbonyl (C=O) groups excluding carboxylic acids is 2. The molecule has 0 spiro atoms. The van der Waals surface area contributed by atoms with Gasteiger partial charge in [0.25, 0.3) is 11.6 Å². The molecule has 1 aliphatic heterocycles. The van der Waals surface area contributed by atoms with Crippen molar-refractivity contribution >= 4 is 55.0 Å². The molecule has 5 aromatic rings. The summed E-state index contributed by atoms with van der Waals surface area (Å²) in [6.45, 7) is 3.88. The van der Waals surface area contributed by atoms with E-state index in [-0.39, 0.29) is 17.0 Å². The Morgan fingerprint density at radius 2 is 1.84 bits per heavy atom. The number of aliphatic hydroxyl groups excluding tert-OH is 1. The number of nitro groups is 1. The Morgan fingerprint density at radius 1 is 1.11 bits per heavy atom. The number of hydrogen-bond acceptors (Lipinski definition) is 8. The number of furan rings is 1. The maximum Gasteiger partial charge on any atom is 0.296 e. The van der Waals surface area contributed by atoms with Crippen molar-refractivity contribution in [3.63, 3.8) is 0 Å². The first-order valence-corrected chi connectivity index (χ1v) is 12.5. The average molecular weight is 526 g/mol. The zero-order valence-corrected chi connectivity index (χ0v) is 21.0. The van der Waals surface area contributed by atoms with Gasteiger partial charge in [0, 0.05) is 17.5 Å². The van der Waals surface area contributed by atoms with Crippen molar-refractivity contribution in [1.82, 2.24) is 4.98 Å². The number of ketones is 1. The van der Waals surface area contributed by atoms with Gasteiger partial charge in [-0.05, 0) is 60.9 Å². The highest BCUT2D eigenvalue weighted by Gasteiger charge is 2.46. The molecule has 38 heavy (non-hydrogen) atoms. The molecule has 0 radical (unpaired) electrons. The molecule has 1 aliphatic rings. The molecule has 188 valence electrons. The van der Waals surface area contributed by atoms with Crippen molar-refractivity contribution in [3.8, 4) is 0 Å². The summed E-state index contributed by atoms with van der Waals surface area (Å²) in [6.07, 6.45) is 0. The van der Waals surface area contributed by atoms with E-state index in [4.69, 9.17) is 4.42 Å². The minimum absolute atomic E-state index is 0.0370. The van der Waals surface area contributed by atoms with Crippen molar-refractivity contribution in [3.05, 3.63) is 111 Å². The quantitative estimate of drug-likeness (QED) is 0.161. The summed E-state index contributed by atoms with van der Waals surface area (Å²) in [5.41, 5.74) is 3.23. The van der Waals surface area contributed by atoms with E-state index < -0.39 is 28.4 Å². The summed E-state index contributed by atoms with van der Waals surface area (Å²) < 4.78 is 6.60. The van der Waals surface area contributed by atoms with Gasteiger partial charge in [0.1, 0.15) is 5.58 Å². The van der Waals surface area contributed by atoms with Gasteiger partial charge in [-0.3, -0.25) is 24.6 Å². The highest BCUT2D eigenvalue weighted by molar-refractivity contribution is 7.22. The minimum Gasteiger partial charge on any atom is -0.503 e. The standard InChI is InChI=1S/C28H19N3O6S/c1-14-11-15(2)23-21(12-14)38-28(29-23)30-24(16-7-9-18(10-8-16)31(35)36)22(26(33)27(30)34)25(32)20-13-17-5-3-4-6-19(17)37-20/h3-13,24,33H,1-2H3. The maximum atomic E-state index is 13.8. The second-order valence-corrected chi connectivity index (χ2v) is 10.1. The number of aliphatic hydroxyl groups is 1. The van der Waals surface area contributed by atoms with Crippen LogP contribution in [-0.2, 0) is 4.79 Å². The molecule has 3 heterocycles. The number of carbonyl (C=O) groups is 2. The second-order valence-electron chi connectivity index (χ2n) is 9.09. The second kappa shape index (κ2) is 8.63. The molecule has 0 saturated heterocycles.